The van der Waals surface area contributed by atoms with Gasteiger partial charge in [0.2, 0.25) is 0 Å². The van der Waals surface area contributed by atoms with Crippen LogP contribution in [-0.2, 0) is 4.74 Å². The Morgan fingerprint density at radius 2 is 2.05 bits per heavy atom. The molecule has 0 aromatic rings. The van der Waals surface area contributed by atoms with Gasteiger partial charge in [0.05, 0.1) is 6.61 Å². The lowest BCUT2D eigenvalue weighted by atomic mass is 9.81. The van der Waals surface area contributed by atoms with Gasteiger partial charge in [-0.2, -0.15) is 0 Å². The number of hydrogen-bond acceptors (Lipinski definition) is 4. The lowest BCUT2D eigenvalue weighted by Gasteiger charge is -2.49. The third-order valence-corrected chi connectivity index (χ3v) is 5.70. The zero-order valence-electron chi connectivity index (χ0n) is 14.2. The molecule has 3 fully saturated rings. The average molecular weight is 295 g/mol. The molecule has 1 atom stereocenters. The summed E-state index contributed by atoms with van der Waals surface area (Å²) in [6.07, 6.45) is 5.29. The minimum Gasteiger partial charge on any atom is -0.381 e. The fourth-order valence-corrected chi connectivity index (χ4v) is 3.83. The first-order chi connectivity index (χ1) is 9.99. The van der Waals surface area contributed by atoms with Crippen molar-refractivity contribution in [2.45, 2.75) is 51.1 Å². The first-order valence-corrected chi connectivity index (χ1v) is 8.74. The highest BCUT2D eigenvalue weighted by molar-refractivity contribution is 4.95. The Hall–Kier alpha value is -0.160. The molecule has 4 nitrogen and oxygen atoms in total. The highest BCUT2D eigenvalue weighted by atomic mass is 16.5. The van der Waals surface area contributed by atoms with Gasteiger partial charge in [0, 0.05) is 56.3 Å². The monoisotopic (exact) mass is 295 g/mol. The molecule has 2 saturated heterocycles. The Morgan fingerprint density at radius 3 is 2.67 bits per heavy atom. The van der Waals surface area contributed by atoms with Gasteiger partial charge in [-0.3, -0.25) is 9.80 Å². The van der Waals surface area contributed by atoms with Crippen molar-refractivity contribution in [3.63, 3.8) is 0 Å². The van der Waals surface area contributed by atoms with Gasteiger partial charge in [0.25, 0.3) is 0 Å². The molecule has 1 N–H and O–H groups in total. The number of hydrogen-bond donors (Lipinski definition) is 1. The van der Waals surface area contributed by atoms with E-state index in [1.807, 2.05) is 0 Å². The van der Waals surface area contributed by atoms with Crippen LogP contribution >= 0.6 is 0 Å². The summed E-state index contributed by atoms with van der Waals surface area (Å²) in [5, 5.41) is 3.77. The van der Waals surface area contributed by atoms with E-state index in [-0.39, 0.29) is 0 Å². The maximum absolute atomic E-state index is 5.88. The molecule has 21 heavy (non-hydrogen) atoms. The van der Waals surface area contributed by atoms with Crippen LogP contribution in [0.4, 0.5) is 0 Å². The molecule has 0 bridgehead atoms. The van der Waals surface area contributed by atoms with Crippen LogP contribution in [0.2, 0.25) is 0 Å². The lowest BCUT2D eigenvalue weighted by Crippen LogP contribution is -2.60. The van der Waals surface area contributed by atoms with E-state index in [9.17, 15) is 0 Å². The van der Waals surface area contributed by atoms with Crippen LogP contribution in [-0.4, -0.2) is 74.4 Å². The van der Waals surface area contributed by atoms with Crippen LogP contribution in [0.5, 0.6) is 0 Å². The van der Waals surface area contributed by atoms with Gasteiger partial charge < -0.3 is 10.1 Å². The first kappa shape index (κ1) is 15.7. The Kier molecular flexibility index (Phi) is 4.60. The molecule has 0 radical (unpaired) electrons. The zero-order valence-corrected chi connectivity index (χ0v) is 14.2. The number of ether oxygens (including phenoxy) is 1. The highest BCUT2D eigenvalue weighted by Gasteiger charge is 2.39. The molecule has 1 saturated carbocycles. The van der Waals surface area contributed by atoms with E-state index >= 15 is 0 Å². The van der Waals surface area contributed by atoms with Gasteiger partial charge in [-0.25, -0.2) is 0 Å². The Bertz CT molecular complexity index is 348. The van der Waals surface area contributed by atoms with Crippen molar-refractivity contribution in [3.8, 4) is 0 Å². The predicted molar refractivity (Wildman–Crippen MR) is 86.7 cm³/mol. The molecule has 1 aliphatic carbocycles. The molecule has 0 aromatic carbocycles. The largest absolute Gasteiger partial charge is 0.381 e. The van der Waals surface area contributed by atoms with Gasteiger partial charge in [-0.1, -0.05) is 0 Å². The Labute approximate surface area is 130 Å². The standard InChI is InChI=1S/C17H33N3O/c1-16(2)12-20(9-8-19(16)3)13-17(7-4-10-21-14-17)11-18-15-5-6-15/h15,18H,4-14H2,1-3H3. The van der Waals surface area contributed by atoms with Crippen molar-refractivity contribution < 1.29 is 4.74 Å². The summed E-state index contributed by atoms with van der Waals surface area (Å²) in [4.78, 5) is 5.18. The molecule has 3 aliphatic rings. The van der Waals surface area contributed by atoms with Crippen molar-refractivity contribution >= 4 is 0 Å². The average Bonchev–Trinajstić information content (AvgIpc) is 3.26. The second-order valence-electron chi connectivity index (χ2n) is 8.26. The second kappa shape index (κ2) is 6.15. The smallest absolute Gasteiger partial charge is 0.0546 e. The Morgan fingerprint density at radius 1 is 1.24 bits per heavy atom. The molecular weight excluding hydrogens is 262 g/mol. The summed E-state index contributed by atoms with van der Waals surface area (Å²) >= 11 is 0. The summed E-state index contributed by atoms with van der Waals surface area (Å²) in [5.41, 5.74) is 0.631. The fraction of sp³-hybridized carbons (Fsp3) is 1.00. The molecular formula is C17H33N3O. The van der Waals surface area contributed by atoms with Crippen molar-refractivity contribution in [2.24, 2.45) is 5.41 Å². The molecule has 3 rings (SSSR count). The summed E-state index contributed by atoms with van der Waals surface area (Å²) in [6, 6.07) is 0.799. The zero-order chi connectivity index (χ0) is 14.9. The van der Waals surface area contributed by atoms with Gasteiger partial charge in [0.15, 0.2) is 0 Å². The quantitative estimate of drug-likeness (QED) is 0.833. The van der Waals surface area contributed by atoms with Gasteiger partial charge in [0.1, 0.15) is 0 Å². The summed E-state index contributed by atoms with van der Waals surface area (Å²) < 4.78 is 5.88. The number of piperazine rings is 1. The molecule has 122 valence electrons. The number of nitrogens with one attached hydrogen (secondary N) is 1. The fourth-order valence-electron chi connectivity index (χ4n) is 3.83. The van der Waals surface area contributed by atoms with Crippen molar-refractivity contribution in [3.05, 3.63) is 0 Å². The van der Waals surface area contributed by atoms with E-state index in [1.54, 1.807) is 0 Å². The van der Waals surface area contributed by atoms with Crippen LogP contribution in [0, 0.1) is 5.41 Å². The number of likely N-dealkylation sites (N-methyl/N-ethyl adjacent to an activating group) is 1. The van der Waals surface area contributed by atoms with Gasteiger partial charge in [-0.05, 0) is 46.6 Å². The molecule has 2 aliphatic heterocycles. The molecule has 1 unspecified atom stereocenters. The lowest BCUT2D eigenvalue weighted by molar-refractivity contribution is -0.0467. The third-order valence-electron chi connectivity index (χ3n) is 5.70. The third kappa shape index (κ3) is 3.98. The summed E-state index contributed by atoms with van der Waals surface area (Å²) in [6.45, 7) is 12.5. The van der Waals surface area contributed by atoms with Crippen LogP contribution in [0.15, 0.2) is 0 Å². The molecule has 0 aromatic heterocycles. The maximum atomic E-state index is 5.88. The minimum absolute atomic E-state index is 0.291. The summed E-state index contributed by atoms with van der Waals surface area (Å²) in [5.74, 6) is 0. The van der Waals surface area contributed by atoms with Crippen molar-refractivity contribution in [2.75, 3.05) is 53.0 Å². The van der Waals surface area contributed by atoms with Crippen molar-refractivity contribution in [1.82, 2.24) is 15.1 Å². The SMILES string of the molecule is CN1CCN(CC2(CNC3CC3)CCCOC2)CC1(C)C. The maximum Gasteiger partial charge on any atom is 0.0546 e. The van der Waals surface area contributed by atoms with E-state index in [0.717, 1.165) is 25.8 Å². The molecule has 0 spiro atoms. The molecule has 0 amide bonds. The minimum atomic E-state index is 0.291. The molecule has 4 heteroatoms. The van der Waals surface area contributed by atoms with Gasteiger partial charge in [-0.15, -0.1) is 0 Å². The van der Waals surface area contributed by atoms with Crippen LogP contribution in [0.1, 0.15) is 39.5 Å². The van der Waals surface area contributed by atoms with Crippen LogP contribution < -0.4 is 5.32 Å². The summed E-state index contributed by atoms with van der Waals surface area (Å²) in [7, 11) is 2.26. The van der Waals surface area contributed by atoms with Gasteiger partial charge >= 0.3 is 0 Å². The first-order valence-electron chi connectivity index (χ1n) is 8.74. The van der Waals surface area contributed by atoms with Crippen molar-refractivity contribution in [1.29, 1.82) is 0 Å². The van der Waals surface area contributed by atoms with E-state index in [1.165, 1.54) is 51.9 Å². The van der Waals surface area contributed by atoms with E-state index in [4.69, 9.17) is 4.74 Å². The van der Waals surface area contributed by atoms with E-state index in [2.05, 4.69) is 36.0 Å². The molecule has 2 heterocycles. The second-order valence-corrected chi connectivity index (χ2v) is 8.26. The predicted octanol–water partition coefficient (Wildman–Crippen LogP) is 1.56. The van der Waals surface area contributed by atoms with E-state index < -0.39 is 0 Å². The number of nitrogens with zero attached hydrogens (tertiary/aromatic N) is 2. The van der Waals surface area contributed by atoms with E-state index in [0.29, 0.717) is 11.0 Å². The van der Waals surface area contributed by atoms with Crippen LogP contribution in [0.3, 0.4) is 0 Å². The highest BCUT2D eigenvalue weighted by Crippen LogP contribution is 2.32. The number of rotatable bonds is 5. The topological polar surface area (TPSA) is 27.7 Å². The Balaban J connectivity index is 1.60. The van der Waals surface area contributed by atoms with Crippen LogP contribution in [0.25, 0.3) is 0 Å². The normalized spacial score (nSPS) is 35.0.